The number of hydrogen-bond donors (Lipinski definition) is 2. The molecule has 0 heterocycles. The second-order valence-corrected chi connectivity index (χ2v) is 8.24. The number of nitrogens with two attached hydrogens (primary N) is 2. The second-order valence-electron chi connectivity index (χ2n) is 8.24. The van der Waals surface area contributed by atoms with E-state index in [1.165, 1.54) is 51.4 Å². The van der Waals surface area contributed by atoms with Gasteiger partial charge >= 0.3 is 0 Å². The minimum atomic E-state index is 0.446. The molecule has 6 atom stereocenters. The summed E-state index contributed by atoms with van der Waals surface area (Å²) in [5, 5.41) is 0. The lowest BCUT2D eigenvalue weighted by molar-refractivity contribution is 0.144. The fourth-order valence-corrected chi connectivity index (χ4v) is 4.77. The van der Waals surface area contributed by atoms with Crippen molar-refractivity contribution in [3.05, 3.63) is 0 Å². The van der Waals surface area contributed by atoms with Crippen LogP contribution in [-0.4, -0.2) is 12.1 Å². The monoisotopic (exact) mass is 280 g/mol. The highest BCUT2D eigenvalue weighted by molar-refractivity contribution is 4.85. The molecule has 2 fully saturated rings. The van der Waals surface area contributed by atoms with Gasteiger partial charge in [-0.3, -0.25) is 0 Å². The van der Waals surface area contributed by atoms with Crippen LogP contribution in [0.15, 0.2) is 0 Å². The summed E-state index contributed by atoms with van der Waals surface area (Å²) in [5.41, 5.74) is 12.5. The van der Waals surface area contributed by atoms with Crippen LogP contribution in [0.1, 0.15) is 72.1 Å². The van der Waals surface area contributed by atoms with Crippen LogP contribution in [0.25, 0.3) is 0 Å². The van der Waals surface area contributed by atoms with Gasteiger partial charge in [0.2, 0.25) is 0 Å². The van der Waals surface area contributed by atoms with Gasteiger partial charge in [0.1, 0.15) is 0 Å². The fraction of sp³-hybridized carbons (Fsp3) is 1.00. The van der Waals surface area contributed by atoms with Crippen molar-refractivity contribution >= 4 is 0 Å². The van der Waals surface area contributed by atoms with Crippen LogP contribution in [0.4, 0.5) is 0 Å². The molecule has 2 saturated carbocycles. The Balaban J connectivity index is 1.84. The maximum atomic E-state index is 6.31. The van der Waals surface area contributed by atoms with E-state index >= 15 is 0 Å². The Kier molecular flexibility index (Phi) is 5.92. The van der Waals surface area contributed by atoms with E-state index in [9.17, 15) is 0 Å². The predicted octanol–water partition coefficient (Wildman–Crippen LogP) is 3.93. The molecular formula is C18H36N2. The van der Waals surface area contributed by atoms with E-state index in [0.29, 0.717) is 12.1 Å². The van der Waals surface area contributed by atoms with Crippen molar-refractivity contribution in [1.29, 1.82) is 0 Å². The van der Waals surface area contributed by atoms with Crippen molar-refractivity contribution in [2.45, 2.75) is 84.2 Å². The average Bonchev–Trinajstić information content (AvgIpc) is 2.37. The highest BCUT2D eigenvalue weighted by Gasteiger charge is 2.32. The van der Waals surface area contributed by atoms with Gasteiger partial charge in [-0.15, -0.1) is 0 Å². The van der Waals surface area contributed by atoms with Crippen LogP contribution < -0.4 is 11.5 Å². The molecule has 4 N–H and O–H groups in total. The zero-order chi connectivity index (χ0) is 14.7. The van der Waals surface area contributed by atoms with Gasteiger partial charge < -0.3 is 11.5 Å². The van der Waals surface area contributed by atoms with E-state index in [2.05, 4.69) is 20.8 Å². The van der Waals surface area contributed by atoms with Gasteiger partial charge in [0.25, 0.3) is 0 Å². The van der Waals surface area contributed by atoms with E-state index < -0.39 is 0 Å². The molecule has 0 radical (unpaired) electrons. The van der Waals surface area contributed by atoms with Crippen molar-refractivity contribution in [2.24, 2.45) is 41.1 Å². The summed E-state index contributed by atoms with van der Waals surface area (Å²) < 4.78 is 0. The summed E-state index contributed by atoms with van der Waals surface area (Å²) in [4.78, 5) is 0. The maximum absolute atomic E-state index is 6.31. The predicted molar refractivity (Wildman–Crippen MR) is 87.4 cm³/mol. The van der Waals surface area contributed by atoms with Crippen molar-refractivity contribution in [3.8, 4) is 0 Å². The van der Waals surface area contributed by atoms with Gasteiger partial charge in [0.15, 0.2) is 0 Å². The fourth-order valence-electron chi connectivity index (χ4n) is 4.77. The van der Waals surface area contributed by atoms with Gasteiger partial charge in [-0.05, 0) is 68.1 Å². The largest absolute Gasteiger partial charge is 0.328 e. The molecule has 0 aromatic rings. The Hall–Kier alpha value is -0.0800. The first-order valence-corrected chi connectivity index (χ1v) is 8.96. The van der Waals surface area contributed by atoms with Crippen LogP contribution in [0.5, 0.6) is 0 Å². The quantitative estimate of drug-likeness (QED) is 0.820. The third kappa shape index (κ3) is 4.46. The molecule has 0 aromatic heterocycles. The highest BCUT2D eigenvalue weighted by atomic mass is 14.7. The zero-order valence-electron chi connectivity index (χ0n) is 13.9. The Morgan fingerprint density at radius 2 is 1.55 bits per heavy atom. The second kappa shape index (κ2) is 7.26. The smallest absolute Gasteiger partial charge is 0.00442 e. The zero-order valence-corrected chi connectivity index (χ0v) is 13.9. The Labute approximate surface area is 126 Å². The third-order valence-electron chi connectivity index (χ3n) is 6.09. The van der Waals surface area contributed by atoms with Gasteiger partial charge in [-0.25, -0.2) is 0 Å². The SMILES string of the molecule is CC(C)[C@@H]1CC(CC(C)[C@@H]2CCC[C@@H](N)C2)C[C@H](N)C1. The standard InChI is InChI=1S/C18H36N2/c1-12(2)16-8-14(9-18(20)11-16)7-13(3)15-5-4-6-17(19)10-15/h12-18H,4-11,19-20H2,1-3H3/t13?,14?,15-,16-,17-,18+/m1/s1. The third-order valence-corrected chi connectivity index (χ3v) is 6.09. The summed E-state index contributed by atoms with van der Waals surface area (Å²) in [6, 6.07) is 0.912. The van der Waals surface area contributed by atoms with Crippen molar-refractivity contribution < 1.29 is 0 Å². The van der Waals surface area contributed by atoms with Gasteiger partial charge in [0.05, 0.1) is 0 Å². The highest BCUT2D eigenvalue weighted by Crippen LogP contribution is 2.39. The normalized spacial score (nSPS) is 40.8. The summed E-state index contributed by atoms with van der Waals surface area (Å²) in [5.74, 6) is 4.21. The molecule has 0 bridgehead atoms. The van der Waals surface area contributed by atoms with E-state index in [-0.39, 0.29) is 0 Å². The Bertz CT molecular complexity index is 289. The molecule has 0 saturated heterocycles. The van der Waals surface area contributed by atoms with E-state index in [1.807, 2.05) is 0 Å². The van der Waals surface area contributed by atoms with Gasteiger partial charge in [0, 0.05) is 12.1 Å². The Morgan fingerprint density at radius 3 is 2.20 bits per heavy atom. The van der Waals surface area contributed by atoms with Crippen molar-refractivity contribution in [3.63, 3.8) is 0 Å². The number of hydrogen-bond acceptors (Lipinski definition) is 2. The lowest BCUT2D eigenvalue weighted by Crippen LogP contribution is -2.36. The van der Waals surface area contributed by atoms with Crippen LogP contribution >= 0.6 is 0 Å². The molecule has 2 nitrogen and oxygen atoms in total. The molecule has 2 unspecified atom stereocenters. The lowest BCUT2D eigenvalue weighted by Gasteiger charge is -2.38. The van der Waals surface area contributed by atoms with Crippen molar-refractivity contribution in [2.75, 3.05) is 0 Å². The van der Waals surface area contributed by atoms with Gasteiger partial charge in [-0.1, -0.05) is 33.6 Å². The first-order chi connectivity index (χ1) is 9.45. The minimum absolute atomic E-state index is 0.446. The molecule has 0 aromatic carbocycles. The minimum Gasteiger partial charge on any atom is -0.328 e. The first-order valence-electron chi connectivity index (χ1n) is 8.96. The molecule has 2 heteroatoms. The summed E-state index contributed by atoms with van der Waals surface area (Å²) in [6.45, 7) is 7.19. The summed E-state index contributed by atoms with van der Waals surface area (Å²) in [6.07, 6.45) is 10.5. The van der Waals surface area contributed by atoms with Gasteiger partial charge in [-0.2, -0.15) is 0 Å². The van der Waals surface area contributed by atoms with E-state index in [1.54, 1.807) is 0 Å². The Morgan fingerprint density at radius 1 is 0.850 bits per heavy atom. The van der Waals surface area contributed by atoms with E-state index in [0.717, 1.165) is 29.6 Å². The molecular weight excluding hydrogens is 244 g/mol. The molecule has 2 rings (SSSR count). The summed E-state index contributed by atoms with van der Waals surface area (Å²) in [7, 11) is 0. The van der Waals surface area contributed by atoms with Crippen LogP contribution in [-0.2, 0) is 0 Å². The average molecular weight is 280 g/mol. The molecule has 118 valence electrons. The van der Waals surface area contributed by atoms with Crippen LogP contribution in [0.2, 0.25) is 0 Å². The molecule has 0 amide bonds. The topological polar surface area (TPSA) is 52.0 Å². The van der Waals surface area contributed by atoms with Crippen LogP contribution in [0.3, 0.4) is 0 Å². The molecule has 2 aliphatic carbocycles. The summed E-state index contributed by atoms with van der Waals surface area (Å²) >= 11 is 0. The lowest BCUT2D eigenvalue weighted by atomic mass is 9.69. The van der Waals surface area contributed by atoms with E-state index in [4.69, 9.17) is 11.5 Å². The first kappa shape index (κ1) is 16.3. The molecule has 20 heavy (non-hydrogen) atoms. The van der Waals surface area contributed by atoms with Crippen LogP contribution in [0, 0.1) is 29.6 Å². The molecule has 0 aliphatic heterocycles. The number of rotatable bonds is 4. The molecule has 2 aliphatic rings. The molecule has 0 spiro atoms. The van der Waals surface area contributed by atoms with Crippen molar-refractivity contribution in [1.82, 2.24) is 0 Å². The maximum Gasteiger partial charge on any atom is 0.00442 e.